The number of anilines is 1. The number of benzene rings is 1. The number of amides is 1. The van der Waals surface area contributed by atoms with Crippen molar-refractivity contribution in [2.24, 2.45) is 11.7 Å². The molecule has 0 bridgehead atoms. The fourth-order valence-electron chi connectivity index (χ4n) is 1.77. The van der Waals surface area contributed by atoms with Gasteiger partial charge in [0.15, 0.2) is 0 Å². The van der Waals surface area contributed by atoms with E-state index < -0.39 is 0 Å². The second-order valence-electron chi connectivity index (χ2n) is 4.06. The van der Waals surface area contributed by atoms with Crippen LogP contribution in [0.1, 0.15) is 26.2 Å². The molecule has 0 aliphatic rings. The quantitative estimate of drug-likeness (QED) is 0.820. The van der Waals surface area contributed by atoms with Gasteiger partial charge in [-0.05, 0) is 37.6 Å². The number of rotatable bonds is 6. The van der Waals surface area contributed by atoms with E-state index in [0.29, 0.717) is 11.6 Å². The lowest BCUT2D eigenvalue weighted by molar-refractivity contribution is -0.120. The highest BCUT2D eigenvalue weighted by Gasteiger charge is 2.16. The highest BCUT2D eigenvalue weighted by molar-refractivity contribution is 6.30. The summed E-state index contributed by atoms with van der Waals surface area (Å²) in [6, 6.07) is 7.16. The average molecular weight is 255 g/mol. The van der Waals surface area contributed by atoms with Gasteiger partial charge in [-0.3, -0.25) is 4.79 Å². The Balaban J connectivity index is 2.62. The number of halogens is 1. The molecule has 0 saturated carbocycles. The van der Waals surface area contributed by atoms with Crippen molar-refractivity contribution in [3.63, 3.8) is 0 Å². The van der Waals surface area contributed by atoms with Gasteiger partial charge in [0.2, 0.25) is 5.91 Å². The first-order chi connectivity index (χ1) is 8.17. The van der Waals surface area contributed by atoms with Crippen LogP contribution in [0.5, 0.6) is 0 Å². The van der Waals surface area contributed by atoms with Gasteiger partial charge in [0.1, 0.15) is 0 Å². The van der Waals surface area contributed by atoms with E-state index in [-0.39, 0.29) is 11.8 Å². The zero-order chi connectivity index (χ0) is 12.7. The molecule has 3 nitrogen and oxygen atoms in total. The fraction of sp³-hybridized carbons (Fsp3) is 0.462. The van der Waals surface area contributed by atoms with E-state index in [2.05, 4.69) is 12.2 Å². The Morgan fingerprint density at radius 1 is 1.47 bits per heavy atom. The first-order valence-corrected chi connectivity index (χ1v) is 6.31. The van der Waals surface area contributed by atoms with Crippen LogP contribution in [0, 0.1) is 5.92 Å². The maximum absolute atomic E-state index is 12.0. The smallest absolute Gasteiger partial charge is 0.227 e. The van der Waals surface area contributed by atoms with Crippen LogP contribution in [0.25, 0.3) is 0 Å². The molecule has 0 aromatic heterocycles. The van der Waals surface area contributed by atoms with Crippen LogP contribution in [-0.2, 0) is 4.79 Å². The molecule has 0 fully saturated rings. The van der Waals surface area contributed by atoms with Crippen molar-refractivity contribution in [3.8, 4) is 0 Å². The van der Waals surface area contributed by atoms with Crippen molar-refractivity contribution in [1.29, 1.82) is 0 Å². The molecule has 3 N–H and O–H groups in total. The normalized spacial score (nSPS) is 12.2. The molecule has 0 aliphatic heterocycles. The van der Waals surface area contributed by atoms with Crippen LogP contribution in [0.15, 0.2) is 24.3 Å². The molecule has 1 atom stereocenters. The minimum atomic E-state index is -0.0102. The SMILES string of the molecule is CCCC(CCN)C(=O)Nc1cccc(Cl)c1. The van der Waals surface area contributed by atoms with E-state index in [1.165, 1.54) is 0 Å². The fourth-order valence-corrected chi connectivity index (χ4v) is 1.96. The number of nitrogens with one attached hydrogen (secondary N) is 1. The van der Waals surface area contributed by atoms with Gasteiger partial charge in [0.25, 0.3) is 0 Å². The minimum absolute atomic E-state index is 0.0102. The molecular weight excluding hydrogens is 236 g/mol. The number of carbonyl (C=O) groups excluding carboxylic acids is 1. The first kappa shape index (κ1) is 14.0. The molecule has 1 aromatic carbocycles. The van der Waals surface area contributed by atoms with Gasteiger partial charge in [0.05, 0.1) is 0 Å². The van der Waals surface area contributed by atoms with Crippen LogP contribution in [-0.4, -0.2) is 12.5 Å². The number of carbonyl (C=O) groups is 1. The summed E-state index contributed by atoms with van der Waals surface area (Å²) in [5.41, 5.74) is 6.25. The summed E-state index contributed by atoms with van der Waals surface area (Å²) >= 11 is 5.86. The Morgan fingerprint density at radius 3 is 2.82 bits per heavy atom. The predicted octanol–water partition coefficient (Wildman–Crippen LogP) is 3.04. The summed E-state index contributed by atoms with van der Waals surface area (Å²) in [7, 11) is 0. The molecule has 1 unspecified atom stereocenters. The molecule has 0 saturated heterocycles. The number of hydrogen-bond acceptors (Lipinski definition) is 2. The summed E-state index contributed by atoms with van der Waals surface area (Å²) < 4.78 is 0. The lowest BCUT2D eigenvalue weighted by Gasteiger charge is -2.15. The third kappa shape index (κ3) is 4.75. The van der Waals surface area contributed by atoms with E-state index in [4.69, 9.17) is 17.3 Å². The summed E-state index contributed by atoms with van der Waals surface area (Å²) in [5, 5.41) is 3.49. The van der Waals surface area contributed by atoms with Crippen molar-refractivity contribution in [2.45, 2.75) is 26.2 Å². The molecule has 1 aromatic rings. The second kappa shape index (κ2) is 7.30. The first-order valence-electron chi connectivity index (χ1n) is 5.94. The zero-order valence-corrected chi connectivity index (χ0v) is 10.8. The molecule has 17 heavy (non-hydrogen) atoms. The third-order valence-electron chi connectivity index (χ3n) is 2.62. The standard InChI is InChI=1S/C13H19ClN2O/c1-2-4-10(7-8-15)13(17)16-12-6-3-5-11(14)9-12/h3,5-6,9-10H,2,4,7-8,15H2,1H3,(H,16,17). The van der Waals surface area contributed by atoms with Gasteiger partial charge in [-0.1, -0.05) is 31.0 Å². The second-order valence-corrected chi connectivity index (χ2v) is 4.50. The minimum Gasteiger partial charge on any atom is -0.330 e. The Morgan fingerprint density at radius 2 is 2.24 bits per heavy atom. The Kier molecular flexibility index (Phi) is 6.01. The van der Waals surface area contributed by atoms with E-state index in [0.717, 1.165) is 24.9 Å². The van der Waals surface area contributed by atoms with Crippen molar-refractivity contribution in [2.75, 3.05) is 11.9 Å². The Labute approximate surface area is 107 Å². The van der Waals surface area contributed by atoms with Gasteiger partial charge in [0, 0.05) is 16.6 Å². The highest BCUT2D eigenvalue weighted by Crippen LogP contribution is 2.18. The average Bonchev–Trinajstić information content (AvgIpc) is 2.28. The third-order valence-corrected chi connectivity index (χ3v) is 2.85. The van der Waals surface area contributed by atoms with Crippen LogP contribution >= 0.6 is 11.6 Å². The summed E-state index contributed by atoms with van der Waals surface area (Å²) in [6.45, 7) is 2.60. The number of hydrogen-bond donors (Lipinski definition) is 2. The van der Waals surface area contributed by atoms with Gasteiger partial charge in [-0.2, -0.15) is 0 Å². The summed E-state index contributed by atoms with van der Waals surface area (Å²) in [4.78, 5) is 12.0. The van der Waals surface area contributed by atoms with Gasteiger partial charge < -0.3 is 11.1 Å². The van der Waals surface area contributed by atoms with Gasteiger partial charge in [-0.15, -0.1) is 0 Å². The van der Waals surface area contributed by atoms with Gasteiger partial charge in [-0.25, -0.2) is 0 Å². The van der Waals surface area contributed by atoms with Crippen LogP contribution in [0.3, 0.4) is 0 Å². The monoisotopic (exact) mass is 254 g/mol. The van der Waals surface area contributed by atoms with E-state index in [1.807, 2.05) is 12.1 Å². The Bertz CT molecular complexity index is 362. The molecule has 0 spiro atoms. The molecule has 0 radical (unpaired) electrons. The van der Waals surface area contributed by atoms with E-state index >= 15 is 0 Å². The molecule has 0 heterocycles. The maximum Gasteiger partial charge on any atom is 0.227 e. The summed E-state index contributed by atoms with van der Waals surface area (Å²) in [6.07, 6.45) is 2.57. The van der Waals surface area contributed by atoms with Gasteiger partial charge >= 0.3 is 0 Å². The predicted molar refractivity (Wildman–Crippen MR) is 72.2 cm³/mol. The van der Waals surface area contributed by atoms with Crippen LogP contribution in [0.4, 0.5) is 5.69 Å². The molecule has 94 valence electrons. The molecule has 0 aliphatic carbocycles. The maximum atomic E-state index is 12.0. The lowest BCUT2D eigenvalue weighted by Crippen LogP contribution is -2.25. The van der Waals surface area contributed by atoms with Crippen molar-refractivity contribution in [3.05, 3.63) is 29.3 Å². The van der Waals surface area contributed by atoms with E-state index in [1.54, 1.807) is 12.1 Å². The molecule has 1 amide bonds. The zero-order valence-electron chi connectivity index (χ0n) is 10.1. The number of nitrogens with two attached hydrogens (primary N) is 1. The largest absolute Gasteiger partial charge is 0.330 e. The topological polar surface area (TPSA) is 55.1 Å². The van der Waals surface area contributed by atoms with Crippen LogP contribution < -0.4 is 11.1 Å². The van der Waals surface area contributed by atoms with Crippen molar-refractivity contribution in [1.82, 2.24) is 0 Å². The van der Waals surface area contributed by atoms with Crippen LogP contribution in [0.2, 0.25) is 5.02 Å². The van der Waals surface area contributed by atoms with Crippen molar-refractivity contribution >= 4 is 23.2 Å². The van der Waals surface area contributed by atoms with Crippen molar-refractivity contribution < 1.29 is 4.79 Å². The highest BCUT2D eigenvalue weighted by atomic mass is 35.5. The Hall–Kier alpha value is -1.06. The lowest BCUT2D eigenvalue weighted by atomic mass is 9.99. The van der Waals surface area contributed by atoms with E-state index in [9.17, 15) is 4.79 Å². The summed E-state index contributed by atoms with van der Waals surface area (Å²) in [5.74, 6) is 0.0172. The molecule has 4 heteroatoms. The molecular formula is C13H19ClN2O. The molecule has 1 rings (SSSR count).